The number of halogens is 1. The summed E-state index contributed by atoms with van der Waals surface area (Å²) in [5, 5.41) is 0.817. The number of nitrogens with zero attached hydrogens (tertiary/aromatic N) is 2. The Labute approximate surface area is 187 Å². The van der Waals surface area contributed by atoms with E-state index in [0.29, 0.717) is 30.6 Å². The first-order valence-electron chi connectivity index (χ1n) is 11.0. The van der Waals surface area contributed by atoms with Gasteiger partial charge in [-0.1, -0.05) is 12.1 Å². The first kappa shape index (κ1) is 21.3. The largest absolute Gasteiger partial charge is 0.358 e. The number of carbonyl (C=O) groups is 1. The molecule has 1 saturated heterocycles. The molecule has 32 heavy (non-hydrogen) atoms. The van der Waals surface area contributed by atoms with Crippen LogP contribution in [0.4, 0.5) is 4.39 Å². The molecule has 2 aliphatic rings. The second-order valence-electron chi connectivity index (χ2n) is 8.77. The summed E-state index contributed by atoms with van der Waals surface area (Å²) in [4.78, 5) is 18.1. The fourth-order valence-corrected chi connectivity index (χ4v) is 6.56. The number of aromatic nitrogens is 1. The van der Waals surface area contributed by atoms with Gasteiger partial charge >= 0.3 is 0 Å². The Morgan fingerprint density at radius 3 is 2.62 bits per heavy atom. The smallest absolute Gasteiger partial charge is 0.244 e. The zero-order valence-electron chi connectivity index (χ0n) is 18.0. The van der Waals surface area contributed by atoms with E-state index in [1.165, 1.54) is 16.4 Å². The summed E-state index contributed by atoms with van der Waals surface area (Å²) in [7, 11) is -3.70. The number of hydrogen-bond acceptors (Lipinski definition) is 4. The zero-order valence-corrected chi connectivity index (χ0v) is 18.8. The fraction of sp³-hybridized carbons (Fsp3) is 0.375. The Hall–Kier alpha value is -2.55. The molecule has 2 aromatic carbocycles. The van der Waals surface area contributed by atoms with E-state index in [1.807, 2.05) is 6.07 Å². The number of H-pyrrole nitrogens is 1. The topological polar surface area (TPSA) is 73.5 Å². The molecule has 0 amide bonds. The summed E-state index contributed by atoms with van der Waals surface area (Å²) in [5.41, 5.74) is 3.93. The molecule has 1 aromatic heterocycles. The molecule has 0 saturated carbocycles. The molecule has 2 heterocycles. The van der Waals surface area contributed by atoms with Crippen LogP contribution < -0.4 is 0 Å². The van der Waals surface area contributed by atoms with Gasteiger partial charge in [0.05, 0.1) is 11.6 Å². The van der Waals surface area contributed by atoms with Gasteiger partial charge in [-0.25, -0.2) is 12.8 Å². The lowest BCUT2D eigenvalue weighted by atomic mass is 9.94. The highest BCUT2D eigenvalue weighted by Gasteiger charge is 2.32. The molecule has 0 unspecified atom stereocenters. The van der Waals surface area contributed by atoms with Crippen LogP contribution in [0.5, 0.6) is 0 Å². The molecule has 0 spiro atoms. The summed E-state index contributed by atoms with van der Waals surface area (Å²) >= 11 is 0. The van der Waals surface area contributed by atoms with Crippen molar-refractivity contribution in [3.63, 3.8) is 0 Å². The highest BCUT2D eigenvalue weighted by atomic mass is 32.2. The van der Waals surface area contributed by atoms with E-state index in [1.54, 1.807) is 25.1 Å². The molecule has 0 atom stereocenters. The van der Waals surface area contributed by atoms with Crippen molar-refractivity contribution in [2.24, 2.45) is 0 Å². The lowest BCUT2D eigenvalue weighted by Gasteiger charge is -2.35. The van der Waals surface area contributed by atoms with Gasteiger partial charge in [0.25, 0.3) is 0 Å². The van der Waals surface area contributed by atoms with Crippen LogP contribution in [-0.4, -0.2) is 48.1 Å². The minimum absolute atomic E-state index is 0.125. The van der Waals surface area contributed by atoms with Gasteiger partial charge in [-0.05, 0) is 61.6 Å². The number of aromatic amines is 1. The van der Waals surface area contributed by atoms with Gasteiger partial charge in [0.1, 0.15) is 5.82 Å². The van der Waals surface area contributed by atoms with Crippen molar-refractivity contribution in [2.75, 3.05) is 19.8 Å². The Morgan fingerprint density at radius 2 is 1.84 bits per heavy atom. The van der Waals surface area contributed by atoms with Gasteiger partial charge in [-0.2, -0.15) is 4.31 Å². The Bertz CT molecular complexity index is 1300. The fourth-order valence-electron chi connectivity index (χ4n) is 4.87. The summed E-state index contributed by atoms with van der Waals surface area (Å²) in [5.74, 6) is -0.157. The Balaban J connectivity index is 1.44. The highest BCUT2D eigenvalue weighted by molar-refractivity contribution is 7.89. The van der Waals surface area contributed by atoms with Gasteiger partial charge in [0.15, 0.2) is 5.78 Å². The molecule has 8 heteroatoms. The van der Waals surface area contributed by atoms with Crippen LogP contribution in [0.2, 0.25) is 0 Å². The predicted octanol–water partition coefficient (Wildman–Crippen LogP) is 3.99. The summed E-state index contributed by atoms with van der Waals surface area (Å²) in [6.45, 7) is 3.89. The number of nitrogens with one attached hydrogen (secondary N) is 1. The number of aryl methyl sites for hydroxylation is 2. The SMILES string of the molecule is Cc1cc2c3c([nH]c2cc1S(=O)(=O)N1CCCN(Cc2ccc(F)cc2)C1)CCCC3=O. The van der Waals surface area contributed by atoms with E-state index in [4.69, 9.17) is 0 Å². The lowest BCUT2D eigenvalue weighted by Crippen LogP contribution is -2.47. The molecule has 0 bridgehead atoms. The summed E-state index contributed by atoms with van der Waals surface area (Å²) in [6.07, 6.45) is 2.89. The van der Waals surface area contributed by atoms with Gasteiger partial charge in [-0.15, -0.1) is 0 Å². The molecular weight excluding hydrogens is 429 g/mol. The van der Waals surface area contributed by atoms with E-state index in [-0.39, 0.29) is 23.2 Å². The number of sulfonamides is 1. The number of carbonyl (C=O) groups excluding carboxylic acids is 1. The van der Waals surface area contributed by atoms with Gasteiger partial charge in [0.2, 0.25) is 10.0 Å². The van der Waals surface area contributed by atoms with Crippen molar-refractivity contribution < 1.29 is 17.6 Å². The molecule has 168 valence electrons. The van der Waals surface area contributed by atoms with Crippen LogP contribution in [0.15, 0.2) is 41.3 Å². The van der Waals surface area contributed by atoms with E-state index < -0.39 is 10.0 Å². The molecule has 1 N–H and O–H groups in total. The van der Waals surface area contributed by atoms with Crippen LogP contribution in [-0.2, 0) is 23.0 Å². The Morgan fingerprint density at radius 1 is 1.06 bits per heavy atom. The number of Topliss-reactive ketones (excluding diaryl/α,β-unsaturated/α-hetero) is 1. The van der Waals surface area contributed by atoms with Crippen LogP contribution in [0.25, 0.3) is 10.9 Å². The molecule has 3 aromatic rings. The quantitative estimate of drug-likeness (QED) is 0.646. The maximum atomic E-state index is 13.6. The third-order valence-electron chi connectivity index (χ3n) is 6.46. The van der Waals surface area contributed by atoms with E-state index in [0.717, 1.165) is 48.0 Å². The molecule has 6 nitrogen and oxygen atoms in total. The highest BCUT2D eigenvalue weighted by Crippen LogP contribution is 2.33. The number of rotatable bonds is 4. The average Bonchev–Trinajstić information content (AvgIpc) is 3.13. The number of hydrogen-bond donors (Lipinski definition) is 1. The zero-order chi connectivity index (χ0) is 22.5. The standard InChI is InChI=1S/C24H26FN3O3S/c1-16-12-19-21(26-20-4-2-5-22(29)24(19)20)13-23(16)32(30,31)28-11-3-10-27(15-28)14-17-6-8-18(25)9-7-17/h6-9,12-13,26H,2-5,10-11,14-15H2,1H3. The van der Waals surface area contributed by atoms with Crippen LogP contribution in [0.1, 0.15) is 46.4 Å². The minimum atomic E-state index is -3.70. The van der Waals surface area contributed by atoms with Crippen molar-refractivity contribution in [3.05, 3.63) is 64.6 Å². The monoisotopic (exact) mass is 455 g/mol. The minimum Gasteiger partial charge on any atom is -0.358 e. The van der Waals surface area contributed by atoms with E-state index in [9.17, 15) is 17.6 Å². The van der Waals surface area contributed by atoms with Crippen molar-refractivity contribution >= 4 is 26.7 Å². The summed E-state index contributed by atoms with van der Waals surface area (Å²) in [6, 6.07) is 9.83. The van der Waals surface area contributed by atoms with Gasteiger partial charge in [0, 0.05) is 48.2 Å². The predicted molar refractivity (Wildman–Crippen MR) is 120 cm³/mol. The maximum Gasteiger partial charge on any atom is 0.244 e. The van der Waals surface area contributed by atoms with E-state index >= 15 is 0 Å². The third kappa shape index (κ3) is 3.76. The molecule has 1 aliphatic carbocycles. The molecule has 0 radical (unpaired) electrons. The number of ketones is 1. The first-order chi connectivity index (χ1) is 15.3. The van der Waals surface area contributed by atoms with E-state index in [2.05, 4.69) is 9.88 Å². The van der Waals surface area contributed by atoms with Crippen molar-refractivity contribution in [1.82, 2.24) is 14.2 Å². The number of fused-ring (bicyclic) bond motifs is 3. The van der Waals surface area contributed by atoms with Crippen LogP contribution >= 0.6 is 0 Å². The summed E-state index contributed by atoms with van der Waals surface area (Å²) < 4.78 is 41.9. The van der Waals surface area contributed by atoms with Crippen molar-refractivity contribution in [3.8, 4) is 0 Å². The second kappa shape index (κ2) is 8.10. The van der Waals surface area contributed by atoms with Crippen molar-refractivity contribution in [2.45, 2.75) is 44.0 Å². The molecule has 1 aliphatic heterocycles. The van der Waals surface area contributed by atoms with Gasteiger partial charge in [-0.3, -0.25) is 9.69 Å². The van der Waals surface area contributed by atoms with Crippen LogP contribution in [0, 0.1) is 12.7 Å². The number of benzene rings is 2. The molecule has 5 rings (SSSR count). The normalized spacial score (nSPS) is 18.2. The van der Waals surface area contributed by atoms with Crippen molar-refractivity contribution in [1.29, 1.82) is 0 Å². The second-order valence-corrected chi connectivity index (χ2v) is 10.7. The third-order valence-corrected chi connectivity index (χ3v) is 8.43. The molecular formula is C24H26FN3O3S. The van der Waals surface area contributed by atoms with Crippen LogP contribution in [0.3, 0.4) is 0 Å². The van der Waals surface area contributed by atoms with Gasteiger partial charge < -0.3 is 4.98 Å². The average molecular weight is 456 g/mol. The lowest BCUT2D eigenvalue weighted by molar-refractivity contribution is 0.0974. The Kier molecular flexibility index (Phi) is 5.39. The molecule has 1 fully saturated rings. The maximum absolute atomic E-state index is 13.6. The first-order valence-corrected chi connectivity index (χ1v) is 12.4.